The number of anilines is 1. The van der Waals surface area contributed by atoms with Gasteiger partial charge >= 0.3 is 0 Å². The molecule has 6 nitrogen and oxygen atoms in total. The van der Waals surface area contributed by atoms with Crippen LogP contribution in [0.2, 0.25) is 0 Å². The first-order valence-electron chi connectivity index (χ1n) is 8.02. The van der Waals surface area contributed by atoms with Gasteiger partial charge in [0.2, 0.25) is 0 Å². The van der Waals surface area contributed by atoms with Crippen molar-refractivity contribution >= 4 is 5.82 Å². The molecular weight excluding hydrogens is 331 g/mol. The van der Waals surface area contributed by atoms with Crippen molar-refractivity contribution in [2.45, 2.75) is 6.54 Å². The van der Waals surface area contributed by atoms with Crippen LogP contribution in [0.4, 0.5) is 10.2 Å². The molecule has 0 saturated heterocycles. The van der Waals surface area contributed by atoms with Gasteiger partial charge in [0, 0.05) is 18.0 Å². The number of hydrogen-bond acceptors (Lipinski definition) is 5. The maximum absolute atomic E-state index is 14.1. The summed E-state index contributed by atoms with van der Waals surface area (Å²) in [6.45, 7) is 0.265. The zero-order chi connectivity index (χ0) is 17.9. The van der Waals surface area contributed by atoms with Gasteiger partial charge in [0.05, 0.1) is 17.9 Å². The number of hydrogen-bond donors (Lipinski definition) is 1. The van der Waals surface area contributed by atoms with Gasteiger partial charge < -0.3 is 5.73 Å². The van der Waals surface area contributed by atoms with Gasteiger partial charge in [0.1, 0.15) is 17.3 Å². The van der Waals surface area contributed by atoms with Crippen molar-refractivity contribution in [3.63, 3.8) is 0 Å². The zero-order valence-electron chi connectivity index (χ0n) is 13.7. The van der Waals surface area contributed by atoms with Crippen LogP contribution in [0.3, 0.4) is 0 Å². The molecule has 0 aliphatic rings. The van der Waals surface area contributed by atoms with Crippen LogP contribution in [0.25, 0.3) is 22.9 Å². The van der Waals surface area contributed by atoms with Crippen molar-refractivity contribution in [2.75, 3.05) is 5.73 Å². The number of rotatable bonds is 4. The van der Waals surface area contributed by atoms with Crippen molar-refractivity contribution in [1.29, 1.82) is 0 Å². The van der Waals surface area contributed by atoms with Gasteiger partial charge in [0.25, 0.3) is 0 Å². The summed E-state index contributed by atoms with van der Waals surface area (Å²) in [6.07, 6.45) is 3.28. The van der Waals surface area contributed by atoms with E-state index in [1.165, 1.54) is 6.07 Å². The molecule has 4 aromatic rings. The van der Waals surface area contributed by atoms with E-state index in [0.29, 0.717) is 22.9 Å². The smallest absolute Gasteiger partial charge is 0.182 e. The molecule has 128 valence electrons. The average Bonchev–Trinajstić information content (AvgIpc) is 3.08. The van der Waals surface area contributed by atoms with Gasteiger partial charge in [-0.3, -0.25) is 9.67 Å². The molecule has 1 aromatic carbocycles. The predicted octanol–water partition coefficient (Wildman–Crippen LogP) is 3.17. The molecule has 7 heteroatoms. The SMILES string of the molecule is Nc1ccnc(-c2cc(-c3ccccn3)n(Cc3ccccc3F)n2)n1. The zero-order valence-corrected chi connectivity index (χ0v) is 13.7. The number of pyridine rings is 1. The fourth-order valence-electron chi connectivity index (χ4n) is 2.65. The lowest BCUT2D eigenvalue weighted by atomic mass is 10.2. The van der Waals surface area contributed by atoms with Crippen LogP contribution in [0, 0.1) is 5.82 Å². The van der Waals surface area contributed by atoms with Crippen LogP contribution in [0.15, 0.2) is 67.0 Å². The quantitative estimate of drug-likeness (QED) is 0.614. The molecule has 3 heterocycles. The Bertz CT molecular complexity index is 1040. The van der Waals surface area contributed by atoms with E-state index in [1.807, 2.05) is 24.3 Å². The molecule has 0 bridgehead atoms. The number of nitrogens with zero attached hydrogens (tertiary/aromatic N) is 5. The highest BCUT2D eigenvalue weighted by Crippen LogP contribution is 2.24. The Kier molecular flexibility index (Phi) is 4.10. The number of nitrogen functional groups attached to an aromatic ring is 1. The summed E-state index contributed by atoms with van der Waals surface area (Å²) in [6, 6.07) is 15.7. The third kappa shape index (κ3) is 3.14. The molecule has 0 saturated carbocycles. The standard InChI is InChI=1S/C19H15FN6/c20-14-6-2-1-5-13(14)12-26-17(15-7-3-4-9-22-15)11-16(25-26)19-23-10-8-18(21)24-19/h1-11H,12H2,(H2,21,23,24). The Hall–Kier alpha value is -3.61. The van der Waals surface area contributed by atoms with E-state index in [4.69, 9.17) is 5.73 Å². The third-order valence-electron chi connectivity index (χ3n) is 3.89. The van der Waals surface area contributed by atoms with Crippen LogP contribution in [-0.4, -0.2) is 24.7 Å². The van der Waals surface area contributed by atoms with Crippen molar-refractivity contribution in [2.24, 2.45) is 0 Å². The first-order valence-corrected chi connectivity index (χ1v) is 8.02. The summed E-state index contributed by atoms with van der Waals surface area (Å²) < 4.78 is 15.8. The van der Waals surface area contributed by atoms with E-state index in [-0.39, 0.29) is 12.4 Å². The number of aromatic nitrogens is 5. The first kappa shape index (κ1) is 15.9. The highest BCUT2D eigenvalue weighted by Gasteiger charge is 2.15. The highest BCUT2D eigenvalue weighted by atomic mass is 19.1. The molecule has 0 unspecified atom stereocenters. The molecule has 0 aliphatic carbocycles. The van der Waals surface area contributed by atoms with E-state index in [1.54, 1.807) is 41.3 Å². The molecule has 3 aromatic heterocycles. The Balaban J connectivity index is 1.82. The van der Waals surface area contributed by atoms with Crippen LogP contribution in [0.5, 0.6) is 0 Å². The van der Waals surface area contributed by atoms with Gasteiger partial charge in [0.15, 0.2) is 5.82 Å². The maximum atomic E-state index is 14.1. The van der Waals surface area contributed by atoms with Gasteiger partial charge in [-0.15, -0.1) is 0 Å². The lowest BCUT2D eigenvalue weighted by Gasteiger charge is -2.08. The topological polar surface area (TPSA) is 82.5 Å². The number of benzene rings is 1. The summed E-state index contributed by atoms with van der Waals surface area (Å²) in [5, 5.41) is 4.56. The second-order valence-electron chi connectivity index (χ2n) is 5.68. The Labute approximate surface area is 149 Å². The molecule has 2 N–H and O–H groups in total. The second kappa shape index (κ2) is 6.72. The van der Waals surface area contributed by atoms with E-state index in [0.717, 1.165) is 11.4 Å². The molecule has 0 aliphatic heterocycles. The minimum absolute atomic E-state index is 0.265. The molecule has 0 amide bonds. The Morgan fingerprint density at radius 3 is 2.54 bits per heavy atom. The Morgan fingerprint density at radius 1 is 0.923 bits per heavy atom. The van der Waals surface area contributed by atoms with E-state index in [2.05, 4.69) is 20.1 Å². The number of nitrogens with two attached hydrogens (primary N) is 1. The van der Waals surface area contributed by atoms with Crippen LogP contribution in [-0.2, 0) is 6.54 Å². The van der Waals surface area contributed by atoms with Crippen molar-refractivity contribution < 1.29 is 4.39 Å². The molecular formula is C19H15FN6. The van der Waals surface area contributed by atoms with E-state index < -0.39 is 0 Å². The van der Waals surface area contributed by atoms with Crippen LogP contribution < -0.4 is 5.73 Å². The van der Waals surface area contributed by atoms with Crippen molar-refractivity contribution in [1.82, 2.24) is 24.7 Å². The van der Waals surface area contributed by atoms with Gasteiger partial charge in [-0.25, -0.2) is 14.4 Å². The molecule has 0 atom stereocenters. The Morgan fingerprint density at radius 2 is 1.77 bits per heavy atom. The van der Waals surface area contributed by atoms with Gasteiger partial charge in [-0.1, -0.05) is 24.3 Å². The first-order chi connectivity index (χ1) is 12.7. The monoisotopic (exact) mass is 346 g/mol. The summed E-state index contributed by atoms with van der Waals surface area (Å²) in [5.41, 5.74) is 8.31. The molecule has 26 heavy (non-hydrogen) atoms. The maximum Gasteiger partial charge on any atom is 0.182 e. The molecule has 0 fully saturated rings. The fourth-order valence-corrected chi connectivity index (χ4v) is 2.65. The predicted molar refractivity (Wildman–Crippen MR) is 96.4 cm³/mol. The summed E-state index contributed by atoms with van der Waals surface area (Å²) >= 11 is 0. The van der Waals surface area contributed by atoms with Crippen molar-refractivity contribution in [3.05, 3.63) is 78.4 Å². The van der Waals surface area contributed by atoms with E-state index >= 15 is 0 Å². The summed E-state index contributed by atoms with van der Waals surface area (Å²) in [4.78, 5) is 12.8. The van der Waals surface area contributed by atoms with Gasteiger partial charge in [-0.2, -0.15) is 5.10 Å². The lowest BCUT2D eigenvalue weighted by molar-refractivity contribution is 0.587. The van der Waals surface area contributed by atoms with Crippen LogP contribution >= 0.6 is 0 Å². The third-order valence-corrected chi connectivity index (χ3v) is 3.89. The van der Waals surface area contributed by atoms with Gasteiger partial charge in [-0.05, 0) is 30.3 Å². The molecule has 0 radical (unpaired) electrons. The highest BCUT2D eigenvalue weighted by molar-refractivity contribution is 5.63. The average molecular weight is 346 g/mol. The van der Waals surface area contributed by atoms with Crippen molar-refractivity contribution in [3.8, 4) is 22.9 Å². The summed E-state index contributed by atoms with van der Waals surface area (Å²) in [5.74, 6) is 0.490. The normalized spacial score (nSPS) is 10.8. The summed E-state index contributed by atoms with van der Waals surface area (Å²) in [7, 11) is 0. The van der Waals surface area contributed by atoms with E-state index in [9.17, 15) is 4.39 Å². The molecule has 4 rings (SSSR count). The number of halogens is 1. The second-order valence-corrected chi connectivity index (χ2v) is 5.68. The minimum atomic E-state index is -0.281. The van der Waals surface area contributed by atoms with Crippen LogP contribution in [0.1, 0.15) is 5.56 Å². The fraction of sp³-hybridized carbons (Fsp3) is 0.0526. The minimum Gasteiger partial charge on any atom is -0.384 e. The lowest BCUT2D eigenvalue weighted by Crippen LogP contribution is -2.06. The molecule has 0 spiro atoms. The largest absolute Gasteiger partial charge is 0.384 e.